The van der Waals surface area contributed by atoms with Gasteiger partial charge in [-0.3, -0.25) is 4.79 Å². The van der Waals surface area contributed by atoms with Crippen molar-refractivity contribution >= 4 is 34.1 Å². The first-order valence-corrected chi connectivity index (χ1v) is 7.22. The molecular weight excluding hydrogens is 242 g/mol. The molecule has 1 N–H and O–H groups in total. The summed E-state index contributed by atoms with van der Waals surface area (Å²) in [5.41, 5.74) is 0. The highest BCUT2D eigenvalue weighted by Crippen LogP contribution is 2.14. The fraction of sp³-hybridized carbons (Fsp3) is 0.700. The summed E-state index contributed by atoms with van der Waals surface area (Å²) in [5.74, 6) is 2.67. The normalized spacial score (nSPS) is 10.8. The lowest BCUT2D eigenvalue weighted by Crippen LogP contribution is -2.12. The number of amides is 1. The van der Waals surface area contributed by atoms with Crippen molar-refractivity contribution in [3.63, 3.8) is 0 Å². The first-order valence-electron chi connectivity index (χ1n) is 5.25. The third-order valence-electron chi connectivity index (χ3n) is 1.70. The molecule has 0 aliphatic rings. The van der Waals surface area contributed by atoms with Crippen LogP contribution in [0.4, 0.5) is 5.13 Å². The molecule has 0 aromatic carbocycles. The number of carbonyl (C=O) groups excluding carboxylic acids is 1. The van der Waals surface area contributed by atoms with Crippen LogP contribution in [0.1, 0.15) is 25.3 Å². The molecule has 0 fully saturated rings. The number of rotatable bonds is 6. The number of aromatic nitrogens is 2. The van der Waals surface area contributed by atoms with Gasteiger partial charge in [0.1, 0.15) is 5.01 Å². The lowest BCUT2D eigenvalue weighted by atomic mass is 10.3. The predicted octanol–water partition coefficient (Wildman–Crippen LogP) is 2.56. The van der Waals surface area contributed by atoms with Crippen LogP contribution in [-0.2, 0) is 4.79 Å². The molecule has 1 aromatic heterocycles. The van der Waals surface area contributed by atoms with Gasteiger partial charge < -0.3 is 5.32 Å². The second-order valence-corrected chi connectivity index (χ2v) is 6.22. The molecule has 0 unspecified atom stereocenters. The zero-order chi connectivity index (χ0) is 12.0. The molecule has 16 heavy (non-hydrogen) atoms. The van der Waals surface area contributed by atoms with Crippen molar-refractivity contribution < 1.29 is 4.79 Å². The van der Waals surface area contributed by atoms with Crippen LogP contribution in [0.25, 0.3) is 0 Å². The average Bonchev–Trinajstić information content (AvgIpc) is 2.58. The number of nitrogens with zero attached hydrogens (tertiary/aromatic N) is 2. The van der Waals surface area contributed by atoms with Gasteiger partial charge in [0.2, 0.25) is 11.0 Å². The Balaban J connectivity index is 2.16. The Morgan fingerprint density at radius 3 is 2.81 bits per heavy atom. The Hall–Kier alpha value is -0.620. The minimum absolute atomic E-state index is 0.0207. The number of nitrogens with one attached hydrogen (secondary N) is 1. The van der Waals surface area contributed by atoms with Crippen LogP contribution in [0.15, 0.2) is 0 Å². The van der Waals surface area contributed by atoms with Gasteiger partial charge in [-0.25, -0.2) is 0 Å². The molecule has 4 nitrogen and oxygen atoms in total. The molecule has 90 valence electrons. The fourth-order valence-corrected chi connectivity index (χ4v) is 2.59. The Morgan fingerprint density at radius 2 is 2.25 bits per heavy atom. The summed E-state index contributed by atoms with van der Waals surface area (Å²) in [5, 5.41) is 11.9. The topological polar surface area (TPSA) is 54.9 Å². The molecule has 0 saturated heterocycles. The molecule has 1 amide bonds. The van der Waals surface area contributed by atoms with Gasteiger partial charge in [0.05, 0.1) is 0 Å². The maximum absolute atomic E-state index is 11.5. The molecule has 0 saturated carbocycles. The van der Waals surface area contributed by atoms with Gasteiger partial charge in [0.25, 0.3) is 0 Å². The monoisotopic (exact) mass is 259 g/mol. The molecular formula is C10H17N3OS2. The Bertz CT molecular complexity index is 339. The lowest BCUT2D eigenvalue weighted by Gasteiger charge is -2.03. The molecule has 0 bridgehead atoms. The van der Waals surface area contributed by atoms with Crippen molar-refractivity contribution in [3.05, 3.63) is 5.01 Å². The minimum atomic E-state index is 0.0207. The number of hydrogen-bond acceptors (Lipinski definition) is 5. The summed E-state index contributed by atoms with van der Waals surface area (Å²) in [4.78, 5) is 11.5. The van der Waals surface area contributed by atoms with Gasteiger partial charge in [-0.1, -0.05) is 25.2 Å². The van der Waals surface area contributed by atoms with E-state index in [9.17, 15) is 4.79 Å². The third-order valence-corrected chi connectivity index (χ3v) is 3.85. The average molecular weight is 259 g/mol. The molecule has 0 aliphatic carbocycles. The summed E-state index contributed by atoms with van der Waals surface area (Å²) in [7, 11) is 0. The molecule has 0 spiro atoms. The minimum Gasteiger partial charge on any atom is -0.301 e. The molecule has 0 aliphatic heterocycles. The molecule has 0 atom stereocenters. The zero-order valence-corrected chi connectivity index (χ0v) is 11.5. The van der Waals surface area contributed by atoms with E-state index >= 15 is 0 Å². The smallest absolute Gasteiger partial charge is 0.227 e. The van der Waals surface area contributed by atoms with Gasteiger partial charge in [-0.15, -0.1) is 10.2 Å². The van der Waals surface area contributed by atoms with E-state index in [1.807, 2.05) is 18.7 Å². The SMILES string of the molecule is Cc1nnc(NC(=O)CCSCC(C)C)s1. The van der Waals surface area contributed by atoms with E-state index in [2.05, 4.69) is 29.4 Å². The summed E-state index contributed by atoms with van der Waals surface area (Å²) in [6.45, 7) is 6.22. The number of carbonyl (C=O) groups is 1. The van der Waals surface area contributed by atoms with Gasteiger partial charge in [-0.2, -0.15) is 11.8 Å². The highest BCUT2D eigenvalue weighted by molar-refractivity contribution is 7.99. The first kappa shape index (κ1) is 13.4. The van der Waals surface area contributed by atoms with E-state index in [1.165, 1.54) is 11.3 Å². The van der Waals surface area contributed by atoms with Crippen LogP contribution in [0.3, 0.4) is 0 Å². The highest BCUT2D eigenvalue weighted by Gasteiger charge is 2.06. The van der Waals surface area contributed by atoms with Crippen molar-refractivity contribution in [1.29, 1.82) is 0 Å². The van der Waals surface area contributed by atoms with Crippen LogP contribution >= 0.6 is 23.1 Å². The number of hydrogen-bond donors (Lipinski definition) is 1. The molecule has 6 heteroatoms. The molecule has 1 rings (SSSR count). The summed E-state index contributed by atoms with van der Waals surface area (Å²) in [6, 6.07) is 0. The third kappa shape index (κ3) is 5.46. The van der Waals surface area contributed by atoms with E-state index in [1.54, 1.807) is 0 Å². The second kappa shape index (κ2) is 6.85. The van der Waals surface area contributed by atoms with Crippen molar-refractivity contribution in [1.82, 2.24) is 10.2 Å². The van der Waals surface area contributed by atoms with Gasteiger partial charge >= 0.3 is 0 Å². The predicted molar refractivity (Wildman–Crippen MR) is 70.1 cm³/mol. The summed E-state index contributed by atoms with van der Waals surface area (Å²) in [6.07, 6.45) is 0.538. The highest BCUT2D eigenvalue weighted by atomic mass is 32.2. The van der Waals surface area contributed by atoms with E-state index < -0.39 is 0 Å². The van der Waals surface area contributed by atoms with Gasteiger partial charge in [-0.05, 0) is 18.6 Å². The zero-order valence-electron chi connectivity index (χ0n) is 9.82. The van der Waals surface area contributed by atoms with Crippen molar-refractivity contribution in [2.24, 2.45) is 5.92 Å². The van der Waals surface area contributed by atoms with E-state index in [4.69, 9.17) is 0 Å². The van der Waals surface area contributed by atoms with Crippen LogP contribution in [0.2, 0.25) is 0 Å². The maximum Gasteiger partial charge on any atom is 0.227 e. The van der Waals surface area contributed by atoms with Gasteiger partial charge in [0.15, 0.2) is 0 Å². The summed E-state index contributed by atoms with van der Waals surface area (Å²) >= 11 is 3.21. The number of aryl methyl sites for hydroxylation is 1. The largest absolute Gasteiger partial charge is 0.301 e. The number of thioether (sulfide) groups is 1. The summed E-state index contributed by atoms with van der Waals surface area (Å²) < 4.78 is 0. The standard InChI is InChI=1S/C10H17N3OS2/c1-7(2)6-15-5-4-9(14)11-10-13-12-8(3)16-10/h7H,4-6H2,1-3H3,(H,11,13,14). The lowest BCUT2D eigenvalue weighted by molar-refractivity contribution is -0.115. The van der Waals surface area contributed by atoms with Crippen LogP contribution < -0.4 is 5.32 Å². The molecule has 1 heterocycles. The first-order chi connectivity index (χ1) is 7.58. The molecule has 1 aromatic rings. The fourth-order valence-electron chi connectivity index (χ4n) is 1.01. The van der Waals surface area contributed by atoms with Crippen LogP contribution in [-0.4, -0.2) is 27.6 Å². The van der Waals surface area contributed by atoms with E-state index in [-0.39, 0.29) is 5.91 Å². The van der Waals surface area contributed by atoms with Crippen molar-refractivity contribution in [2.75, 3.05) is 16.8 Å². The second-order valence-electron chi connectivity index (χ2n) is 3.89. The van der Waals surface area contributed by atoms with E-state index in [0.717, 1.165) is 16.5 Å². The number of anilines is 1. The van der Waals surface area contributed by atoms with Crippen molar-refractivity contribution in [3.8, 4) is 0 Å². The van der Waals surface area contributed by atoms with Crippen LogP contribution in [0.5, 0.6) is 0 Å². The Morgan fingerprint density at radius 1 is 1.50 bits per heavy atom. The Kier molecular flexibility index (Phi) is 5.76. The quantitative estimate of drug-likeness (QED) is 0.798. The maximum atomic E-state index is 11.5. The van der Waals surface area contributed by atoms with Crippen molar-refractivity contribution in [2.45, 2.75) is 27.2 Å². The molecule has 0 radical (unpaired) electrons. The van der Waals surface area contributed by atoms with Crippen LogP contribution in [0, 0.1) is 12.8 Å². The Labute approximate surface area is 104 Å². The van der Waals surface area contributed by atoms with E-state index in [0.29, 0.717) is 17.5 Å². The van der Waals surface area contributed by atoms with Gasteiger partial charge in [0, 0.05) is 12.2 Å².